The molecule has 0 aliphatic heterocycles. The highest BCUT2D eigenvalue weighted by molar-refractivity contribution is 8.03. The Balaban J connectivity index is -0.0000000450. The van der Waals surface area contributed by atoms with Gasteiger partial charge < -0.3 is 17.0 Å². The van der Waals surface area contributed by atoms with Gasteiger partial charge in [-0.1, -0.05) is 0 Å². The molecular weight excluding hydrogens is 235 g/mol. The van der Waals surface area contributed by atoms with E-state index in [-0.39, 0.29) is 12.4 Å². The molecule has 0 spiro atoms. The molecule has 0 saturated carbocycles. The first-order valence-corrected chi connectivity index (χ1v) is 4.81. The lowest BCUT2D eigenvalue weighted by Gasteiger charge is -1.80. The van der Waals surface area contributed by atoms with Crippen LogP contribution in [0.2, 0.25) is 0 Å². The number of halogens is 2. The molecular formula is C6H16Cl2N2O2S. The molecule has 7 heteroatoms. The molecule has 13 heavy (non-hydrogen) atoms. The first-order valence-electron chi connectivity index (χ1n) is 2.91. The van der Waals surface area contributed by atoms with Crippen molar-refractivity contribution in [2.24, 2.45) is 0 Å². The highest BCUT2D eigenvalue weighted by Crippen LogP contribution is 1.71. The van der Waals surface area contributed by atoms with E-state index in [1.165, 1.54) is 0 Å². The summed E-state index contributed by atoms with van der Waals surface area (Å²) < 4.78 is 21.0. The fourth-order valence-electron chi connectivity index (χ4n) is 0. The third kappa shape index (κ3) is 1340000. The standard InChI is InChI=1S/2C3H8N.ClHO2S.ClH/c3*1-4(2)3;/h2*1H2,2-3H3;(H,2,3);1H/q2*+1;;/p-2. The van der Waals surface area contributed by atoms with Crippen molar-refractivity contribution in [1.82, 2.24) is 0 Å². The van der Waals surface area contributed by atoms with Crippen LogP contribution in [0.1, 0.15) is 0 Å². The molecule has 4 nitrogen and oxygen atoms in total. The normalized spacial score (nSPS) is 8.77. The maximum atomic E-state index is 8.77. The molecule has 0 aliphatic carbocycles. The van der Waals surface area contributed by atoms with E-state index < -0.39 is 10.3 Å². The molecule has 0 aromatic rings. The molecule has 0 fully saturated rings. The van der Waals surface area contributed by atoms with E-state index in [9.17, 15) is 0 Å². The van der Waals surface area contributed by atoms with Crippen molar-refractivity contribution in [2.75, 3.05) is 28.2 Å². The smallest absolute Gasteiger partial charge is 0.131 e. The highest BCUT2D eigenvalue weighted by Gasteiger charge is 1.54. The maximum Gasteiger partial charge on any atom is 0.131 e. The topological polar surface area (TPSA) is 46.1 Å². The van der Waals surface area contributed by atoms with Gasteiger partial charge in [-0.05, 0) is 10.7 Å². The third-order valence-corrected chi connectivity index (χ3v) is 0. The summed E-state index contributed by atoms with van der Waals surface area (Å²) in [6.45, 7) is 6.94. The second-order valence-electron chi connectivity index (χ2n) is 2.35. The zero-order chi connectivity index (χ0) is 10.7. The van der Waals surface area contributed by atoms with Crippen LogP contribution in [-0.2, 0) is 10.3 Å². The molecule has 0 rings (SSSR count). The quantitative estimate of drug-likeness (QED) is 0.199. The van der Waals surface area contributed by atoms with Gasteiger partial charge in [-0.3, -0.25) is 4.21 Å². The van der Waals surface area contributed by atoms with Crippen LogP contribution in [0.25, 0.3) is 0 Å². The molecule has 0 aromatic carbocycles. The van der Waals surface area contributed by atoms with Gasteiger partial charge in [0.1, 0.15) is 41.6 Å². The number of nitrogens with zero attached hydrogens (tertiary/aromatic N) is 2. The first-order chi connectivity index (χ1) is 5.20. The zero-order valence-electron chi connectivity index (χ0n) is 8.29. The molecule has 0 aliphatic rings. The Labute approximate surface area is 93.1 Å². The predicted molar refractivity (Wildman–Crippen MR) is 53.2 cm³/mol. The average Bonchev–Trinajstić information content (AvgIpc) is 1.54. The van der Waals surface area contributed by atoms with Crippen molar-refractivity contribution in [3.8, 4) is 0 Å². The number of hydrogen-bond donors (Lipinski definition) is 0. The summed E-state index contributed by atoms with van der Waals surface area (Å²) in [6, 6.07) is 0. The summed E-state index contributed by atoms with van der Waals surface area (Å²) in [5, 5.41) is 0. The van der Waals surface area contributed by atoms with Gasteiger partial charge in [0, 0.05) is 10.3 Å². The van der Waals surface area contributed by atoms with E-state index in [1.807, 2.05) is 28.2 Å². The number of rotatable bonds is 0. The summed E-state index contributed by atoms with van der Waals surface area (Å²) in [7, 11) is 9.36. The van der Waals surface area contributed by atoms with E-state index in [0.29, 0.717) is 0 Å². The summed E-state index contributed by atoms with van der Waals surface area (Å²) in [5.41, 5.74) is 0. The van der Waals surface area contributed by atoms with Gasteiger partial charge in [-0.25, -0.2) is 9.15 Å². The molecule has 0 radical (unpaired) electrons. The van der Waals surface area contributed by atoms with E-state index in [0.717, 1.165) is 0 Å². The molecule has 0 N–H and O–H groups in total. The Kier molecular flexibility index (Phi) is 31.9. The second kappa shape index (κ2) is 17.9. The Morgan fingerprint density at radius 3 is 1.15 bits per heavy atom. The lowest BCUT2D eigenvalue weighted by atomic mass is 11.1. The van der Waals surface area contributed by atoms with Crippen molar-refractivity contribution < 1.29 is 30.3 Å². The van der Waals surface area contributed by atoms with Gasteiger partial charge in [0.2, 0.25) is 0 Å². The lowest BCUT2D eigenvalue weighted by molar-refractivity contribution is -0.454. The second-order valence-corrected chi connectivity index (χ2v) is 3.50. The van der Waals surface area contributed by atoms with Crippen LogP contribution in [0, 0.1) is 0 Å². The minimum absolute atomic E-state index is 0. The fourth-order valence-corrected chi connectivity index (χ4v) is 0. The Morgan fingerprint density at radius 1 is 1.15 bits per heavy atom. The Morgan fingerprint density at radius 2 is 1.15 bits per heavy atom. The molecule has 0 heterocycles. The minimum atomic E-state index is -2.39. The minimum Gasteiger partial charge on any atom is -1.00 e. The van der Waals surface area contributed by atoms with Gasteiger partial charge in [0.15, 0.2) is 0 Å². The molecule has 0 amide bonds. The fraction of sp³-hybridized carbons (Fsp3) is 0.667. The monoisotopic (exact) mass is 250 g/mol. The van der Waals surface area contributed by atoms with Crippen LogP contribution in [-0.4, -0.2) is 59.5 Å². The van der Waals surface area contributed by atoms with Crippen LogP contribution in [0.4, 0.5) is 0 Å². The Bertz CT molecular complexity index is 124. The van der Waals surface area contributed by atoms with Crippen molar-refractivity contribution in [3.05, 3.63) is 0 Å². The largest absolute Gasteiger partial charge is 1.00 e. The number of hydrogen-bond acceptors (Lipinski definition) is 2. The molecule has 82 valence electrons. The summed E-state index contributed by atoms with van der Waals surface area (Å²) >= 11 is 0. The predicted octanol–water partition coefficient (Wildman–Crippen LogP) is -3.06. The van der Waals surface area contributed by atoms with Gasteiger partial charge in [0.05, 0.1) is 0 Å². The SMILES string of the molecule is C=[N+](C)C.C=[N+](C)C.O=S([O-])Cl.[Cl-]. The van der Waals surface area contributed by atoms with Crippen molar-refractivity contribution in [2.45, 2.75) is 0 Å². The zero-order valence-corrected chi connectivity index (χ0v) is 10.6. The van der Waals surface area contributed by atoms with Crippen LogP contribution < -0.4 is 12.4 Å². The van der Waals surface area contributed by atoms with Gasteiger partial charge in [0.25, 0.3) is 0 Å². The molecule has 0 saturated heterocycles. The summed E-state index contributed by atoms with van der Waals surface area (Å²) in [6.07, 6.45) is 0. The van der Waals surface area contributed by atoms with E-state index in [1.54, 1.807) is 9.15 Å². The molecule has 1 unspecified atom stereocenters. The average molecular weight is 251 g/mol. The lowest BCUT2D eigenvalue weighted by Crippen LogP contribution is -3.00. The van der Waals surface area contributed by atoms with Gasteiger partial charge in [-0.2, -0.15) is 0 Å². The van der Waals surface area contributed by atoms with Crippen LogP contribution in [0.15, 0.2) is 0 Å². The van der Waals surface area contributed by atoms with Crippen molar-refractivity contribution >= 4 is 34.4 Å². The van der Waals surface area contributed by atoms with E-state index in [2.05, 4.69) is 24.1 Å². The van der Waals surface area contributed by atoms with Crippen LogP contribution in [0.3, 0.4) is 0 Å². The highest BCUT2D eigenvalue weighted by atomic mass is 35.7. The maximum absolute atomic E-state index is 8.77. The van der Waals surface area contributed by atoms with Gasteiger partial charge >= 0.3 is 0 Å². The molecule has 0 aromatic heterocycles. The van der Waals surface area contributed by atoms with Gasteiger partial charge in [-0.15, -0.1) is 0 Å². The van der Waals surface area contributed by atoms with Crippen molar-refractivity contribution in [3.63, 3.8) is 0 Å². The third-order valence-electron chi connectivity index (χ3n) is 0. The Hall–Kier alpha value is 0.0300. The van der Waals surface area contributed by atoms with Crippen LogP contribution >= 0.6 is 10.7 Å². The summed E-state index contributed by atoms with van der Waals surface area (Å²) in [4.78, 5) is 0. The van der Waals surface area contributed by atoms with Crippen LogP contribution in [0.5, 0.6) is 0 Å². The van der Waals surface area contributed by atoms with Crippen molar-refractivity contribution in [1.29, 1.82) is 0 Å². The molecule has 0 bridgehead atoms. The molecule has 1 atom stereocenters. The van der Waals surface area contributed by atoms with E-state index in [4.69, 9.17) is 8.76 Å². The first kappa shape index (κ1) is 23.1. The summed E-state index contributed by atoms with van der Waals surface area (Å²) in [5.74, 6) is 0. The van der Waals surface area contributed by atoms with E-state index >= 15 is 0 Å².